The maximum absolute atomic E-state index is 12.1. The highest BCUT2D eigenvalue weighted by Gasteiger charge is 2.22. The van der Waals surface area contributed by atoms with Crippen LogP contribution < -0.4 is 9.80 Å². The fourth-order valence-corrected chi connectivity index (χ4v) is 2.44. The first-order chi connectivity index (χ1) is 8.15. The van der Waals surface area contributed by atoms with E-state index in [0.29, 0.717) is 6.54 Å². The fourth-order valence-electron chi connectivity index (χ4n) is 2.17. The van der Waals surface area contributed by atoms with E-state index >= 15 is 0 Å². The van der Waals surface area contributed by atoms with Crippen LogP contribution in [-0.2, 0) is 0 Å². The Morgan fingerprint density at radius 3 is 2.35 bits per heavy atom. The lowest BCUT2D eigenvalue weighted by atomic mass is 10.1. The minimum Gasteiger partial charge on any atom is -0.328 e. The van der Waals surface area contributed by atoms with Gasteiger partial charge in [-0.1, -0.05) is 28.1 Å². The number of nitrogens with one attached hydrogen (secondary N) is 2. The van der Waals surface area contributed by atoms with E-state index in [-0.39, 0.29) is 5.78 Å². The van der Waals surface area contributed by atoms with Crippen molar-refractivity contribution in [1.29, 1.82) is 0 Å². The van der Waals surface area contributed by atoms with Crippen LogP contribution in [0.15, 0.2) is 28.7 Å². The molecule has 2 rings (SSSR count). The predicted octanol–water partition coefficient (Wildman–Crippen LogP) is -0.955. The van der Waals surface area contributed by atoms with Gasteiger partial charge >= 0.3 is 0 Å². The minimum atomic E-state index is 0.257. The molecule has 1 aromatic carbocycles. The standard InChI is InChI=1S/C13H17BrN2O/c1-15-6-8-16(9-7-15)10-13(17)11-2-4-12(14)5-3-11/h2-5H,6-10H2,1H3/p+2. The van der Waals surface area contributed by atoms with E-state index in [9.17, 15) is 4.79 Å². The van der Waals surface area contributed by atoms with Crippen molar-refractivity contribution in [3.8, 4) is 0 Å². The topological polar surface area (TPSA) is 26.0 Å². The molecule has 0 atom stereocenters. The highest BCUT2D eigenvalue weighted by Crippen LogP contribution is 2.10. The van der Waals surface area contributed by atoms with E-state index in [1.165, 1.54) is 18.0 Å². The molecular formula is C13H19BrN2O+2. The molecule has 0 aliphatic carbocycles. The molecule has 2 N–H and O–H groups in total. The van der Waals surface area contributed by atoms with Crippen LogP contribution in [0.1, 0.15) is 10.4 Å². The van der Waals surface area contributed by atoms with Gasteiger partial charge in [0, 0.05) is 10.0 Å². The van der Waals surface area contributed by atoms with E-state index in [1.807, 2.05) is 24.3 Å². The molecule has 1 aliphatic heterocycles. The number of likely N-dealkylation sites (N-methyl/N-ethyl adjacent to an activating group) is 1. The lowest BCUT2D eigenvalue weighted by Crippen LogP contribution is -3.27. The third-order valence-corrected chi connectivity index (χ3v) is 3.92. The van der Waals surface area contributed by atoms with Gasteiger partial charge in [-0.2, -0.15) is 0 Å². The van der Waals surface area contributed by atoms with Crippen LogP contribution in [0.2, 0.25) is 0 Å². The molecule has 1 fully saturated rings. The summed E-state index contributed by atoms with van der Waals surface area (Å²) in [5.74, 6) is 0.257. The first kappa shape index (κ1) is 12.7. The summed E-state index contributed by atoms with van der Waals surface area (Å²) in [4.78, 5) is 15.1. The highest BCUT2D eigenvalue weighted by molar-refractivity contribution is 9.10. The molecule has 1 aromatic rings. The maximum atomic E-state index is 12.1. The van der Waals surface area contributed by atoms with Crippen LogP contribution >= 0.6 is 15.9 Å². The van der Waals surface area contributed by atoms with Gasteiger partial charge in [-0.05, 0) is 12.1 Å². The Bertz CT molecular complexity index is 383. The Morgan fingerprint density at radius 1 is 1.18 bits per heavy atom. The van der Waals surface area contributed by atoms with E-state index in [4.69, 9.17) is 0 Å². The van der Waals surface area contributed by atoms with Gasteiger partial charge in [0.25, 0.3) is 0 Å². The van der Waals surface area contributed by atoms with E-state index in [0.717, 1.165) is 23.1 Å². The SMILES string of the molecule is C[NH+]1CC[NH+](CC(=O)c2ccc(Br)cc2)CC1. The number of quaternary nitrogens is 2. The molecule has 0 spiro atoms. The Labute approximate surface area is 111 Å². The van der Waals surface area contributed by atoms with Crippen molar-refractivity contribution in [3.63, 3.8) is 0 Å². The second-order valence-electron chi connectivity index (χ2n) is 4.81. The molecule has 0 radical (unpaired) electrons. The normalized spacial score (nSPS) is 24.6. The Balaban J connectivity index is 1.91. The Kier molecular flexibility index (Phi) is 4.31. The van der Waals surface area contributed by atoms with Crippen molar-refractivity contribution in [2.45, 2.75) is 0 Å². The number of halogens is 1. The van der Waals surface area contributed by atoms with Gasteiger partial charge in [-0.3, -0.25) is 4.79 Å². The third-order valence-electron chi connectivity index (χ3n) is 3.39. The van der Waals surface area contributed by atoms with Crippen molar-refractivity contribution < 1.29 is 14.6 Å². The molecule has 92 valence electrons. The number of benzene rings is 1. The summed E-state index contributed by atoms with van der Waals surface area (Å²) in [6.45, 7) is 5.18. The number of piperazine rings is 1. The lowest BCUT2D eigenvalue weighted by Gasteiger charge is -2.26. The number of carbonyl (C=O) groups is 1. The van der Waals surface area contributed by atoms with Gasteiger partial charge in [-0.15, -0.1) is 0 Å². The minimum absolute atomic E-state index is 0.257. The molecule has 4 heteroatoms. The van der Waals surface area contributed by atoms with Crippen molar-refractivity contribution in [1.82, 2.24) is 0 Å². The smallest absolute Gasteiger partial charge is 0.216 e. The summed E-state index contributed by atoms with van der Waals surface area (Å²) < 4.78 is 1.02. The van der Waals surface area contributed by atoms with Crippen molar-refractivity contribution in [2.24, 2.45) is 0 Å². The van der Waals surface area contributed by atoms with Crippen LogP contribution in [0.3, 0.4) is 0 Å². The molecule has 1 aliphatic rings. The summed E-state index contributed by atoms with van der Waals surface area (Å²) in [6, 6.07) is 7.65. The summed E-state index contributed by atoms with van der Waals surface area (Å²) in [7, 11) is 2.22. The molecule has 0 bridgehead atoms. The van der Waals surface area contributed by atoms with Gasteiger partial charge < -0.3 is 9.80 Å². The maximum Gasteiger partial charge on any atom is 0.216 e. The molecule has 0 unspecified atom stereocenters. The van der Waals surface area contributed by atoms with Crippen LogP contribution in [0, 0.1) is 0 Å². The second-order valence-corrected chi connectivity index (χ2v) is 5.73. The summed E-state index contributed by atoms with van der Waals surface area (Å²) in [6.07, 6.45) is 0. The van der Waals surface area contributed by atoms with Gasteiger partial charge in [-0.25, -0.2) is 0 Å². The van der Waals surface area contributed by atoms with Crippen LogP contribution in [0.5, 0.6) is 0 Å². The fraction of sp³-hybridized carbons (Fsp3) is 0.462. The number of carbonyl (C=O) groups excluding carboxylic acids is 1. The summed E-state index contributed by atoms with van der Waals surface area (Å²) >= 11 is 3.38. The zero-order chi connectivity index (χ0) is 12.3. The molecule has 1 heterocycles. The quantitative estimate of drug-likeness (QED) is 0.691. The van der Waals surface area contributed by atoms with Crippen molar-refractivity contribution in [2.75, 3.05) is 39.8 Å². The Hall–Kier alpha value is -0.710. The van der Waals surface area contributed by atoms with Gasteiger partial charge in [0.15, 0.2) is 0 Å². The van der Waals surface area contributed by atoms with E-state index in [2.05, 4.69) is 23.0 Å². The molecule has 0 saturated carbocycles. The zero-order valence-electron chi connectivity index (χ0n) is 10.1. The molecule has 17 heavy (non-hydrogen) atoms. The van der Waals surface area contributed by atoms with Gasteiger partial charge in [0.1, 0.15) is 32.7 Å². The summed E-state index contributed by atoms with van der Waals surface area (Å²) in [5, 5.41) is 0. The number of ketones is 1. The van der Waals surface area contributed by atoms with E-state index in [1.54, 1.807) is 4.90 Å². The van der Waals surface area contributed by atoms with Gasteiger partial charge in [0.2, 0.25) is 5.78 Å². The van der Waals surface area contributed by atoms with Crippen LogP contribution in [-0.4, -0.2) is 45.6 Å². The molecule has 1 saturated heterocycles. The average molecular weight is 299 g/mol. The van der Waals surface area contributed by atoms with Crippen LogP contribution in [0.4, 0.5) is 0 Å². The third kappa shape index (κ3) is 3.63. The van der Waals surface area contributed by atoms with Crippen molar-refractivity contribution >= 4 is 21.7 Å². The second kappa shape index (κ2) is 5.76. The van der Waals surface area contributed by atoms with Crippen LogP contribution in [0.25, 0.3) is 0 Å². The van der Waals surface area contributed by atoms with E-state index < -0.39 is 0 Å². The molecule has 0 aromatic heterocycles. The predicted molar refractivity (Wildman–Crippen MR) is 70.7 cm³/mol. The largest absolute Gasteiger partial charge is 0.328 e. The monoisotopic (exact) mass is 298 g/mol. The molecule has 0 amide bonds. The van der Waals surface area contributed by atoms with Crippen molar-refractivity contribution in [3.05, 3.63) is 34.3 Å². The molecular weight excluding hydrogens is 280 g/mol. The number of Topliss-reactive ketones (excluding diaryl/α,β-unsaturated/α-hetero) is 1. The first-order valence-corrected chi connectivity index (χ1v) is 6.88. The van der Waals surface area contributed by atoms with Gasteiger partial charge in [0.05, 0.1) is 7.05 Å². The average Bonchev–Trinajstić information content (AvgIpc) is 2.33. The summed E-state index contributed by atoms with van der Waals surface area (Å²) in [5.41, 5.74) is 0.826. The lowest BCUT2D eigenvalue weighted by molar-refractivity contribution is -0.999. The number of hydrogen-bond acceptors (Lipinski definition) is 1. The molecule has 3 nitrogen and oxygen atoms in total. The number of hydrogen-bond donors (Lipinski definition) is 2. The zero-order valence-corrected chi connectivity index (χ0v) is 11.7. The Morgan fingerprint density at radius 2 is 1.76 bits per heavy atom. The number of rotatable bonds is 3. The first-order valence-electron chi connectivity index (χ1n) is 6.09. The highest BCUT2D eigenvalue weighted by atomic mass is 79.9.